The van der Waals surface area contributed by atoms with Gasteiger partial charge in [0, 0.05) is 6.54 Å². The van der Waals surface area contributed by atoms with Crippen LogP contribution in [0, 0.1) is 0 Å². The van der Waals surface area contributed by atoms with Gasteiger partial charge in [0.25, 0.3) is 10.1 Å². The van der Waals surface area contributed by atoms with Crippen molar-refractivity contribution in [3.05, 3.63) is 0 Å². The Morgan fingerprint density at radius 3 is 2.44 bits per heavy atom. The fourth-order valence-electron chi connectivity index (χ4n) is 1.32. The molecule has 0 aromatic carbocycles. The maximum atomic E-state index is 10.4. The third-order valence-electron chi connectivity index (χ3n) is 2.21. The summed E-state index contributed by atoms with van der Waals surface area (Å²) in [5, 5.41) is 30.3. The quantitative estimate of drug-likeness (QED) is 0.334. The van der Waals surface area contributed by atoms with Crippen molar-refractivity contribution in [3.8, 4) is 0 Å². The third kappa shape index (κ3) is 3.94. The Labute approximate surface area is 92.6 Å². The summed E-state index contributed by atoms with van der Waals surface area (Å²) in [6.45, 7) is -0.300. The number of hydrogen-bond donors (Lipinski definition) is 5. The Kier molecular flexibility index (Phi) is 4.62. The van der Waals surface area contributed by atoms with Gasteiger partial charge in [-0.1, -0.05) is 0 Å². The summed E-state index contributed by atoms with van der Waals surface area (Å²) in [6, 6.07) is 0. The highest BCUT2D eigenvalue weighted by Crippen LogP contribution is 2.13. The fourth-order valence-corrected chi connectivity index (χ4v) is 1.69. The van der Waals surface area contributed by atoms with Crippen molar-refractivity contribution < 1.29 is 33.0 Å². The zero-order valence-electron chi connectivity index (χ0n) is 8.35. The minimum Gasteiger partial charge on any atom is -0.388 e. The van der Waals surface area contributed by atoms with Crippen LogP contribution in [0.4, 0.5) is 0 Å². The lowest BCUT2D eigenvalue weighted by atomic mass is 10.0. The SMILES string of the molecule is O=S(=O)(O)CCN[C@@H]1OC[C@@H](O)[C@H](O)[C@H]1O. The van der Waals surface area contributed by atoms with Gasteiger partial charge in [0.1, 0.15) is 24.5 Å². The van der Waals surface area contributed by atoms with Gasteiger partial charge in [-0.3, -0.25) is 9.87 Å². The highest BCUT2D eigenvalue weighted by Gasteiger charge is 2.37. The van der Waals surface area contributed by atoms with Crippen LogP contribution in [-0.4, -0.2) is 71.7 Å². The molecule has 1 rings (SSSR count). The average molecular weight is 257 g/mol. The summed E-state index contributed by atoms with van der Waals surface area (Å²) in [5.74, 6) is -0.530. The van der Waals surface area contributed by atoms with Gasteiger partial charge in [0.15, 0.2) is 0 Å². The lowest BCUT2D eigenvalue weighted by Crippen LogP contribution is -2.58. The lowest BCUT2D eigenvalue weighted by molar-refractivity contribution is -0.194. The fraction of sp³-hybridized carbons (Fsp3) is 1.00. The second-order valence-corrected chi connectivity index (χ2v) is 5.11. The van der Waals surface area contributed by atoms with Gasteiger partial charge in [-0.2, -0.15) is 8.42 Å². The second-order valence-electron chi connectivity index (χ2n) is 3.54. The molecule has 0 spiro atoms. The van der Waals surface area contributed by atoms with E-state index in [-0.39, 0.29) is 13.2 Å². The van der Waals surface area contributed by atoms with Crippen LogP contribution in [0.15, 0.2) is 0 Å². The van der Waals surface area contributed by atoms with Gasteiger partial charge in [0.05, 0.1) is 12.4 Å². The molecule has 16 heavy (non-hydrogen) atoms. The Hall–Kier alpha value is -0.290. The van der Waals surface area contributed by atoms with Crippen molar-refractivity contribution >= 4 is 10.1 Å². The Morgan fingerprint density at radius 2 is 1.88 bits per heavy atom. The van der Waals surface area contributed by atoms with Gasteiger partial charge in [-0.15, -0.1) is 0 Å². The van der Waals surface area contributed by atoms with Crippen LogP contribution in [0.2, 0.25) is 0 Å². The highest BCUT2D eigenvalue weighted by molar-refractivity contribution is 7.85. The number of aliphatic hydroxyl groups excluding tert-OH is 3. The molecule has 0 aliphatic carbocycles. The standard InChI is InChI=1S/C7H15NO7S/c9-4-3-15-7(6(11)5(4)10)8-1-2-16(12,13)14/h4-11H,1-3H2,(H,12,13,14)/t4-,5+,6-,7-/m1/s1. The smallest absolute Gasteiger partial charge is 0.266 e. The van der Waals surface area contributed by atoms with Crippen LogP contribution in [0.5, 0.6) is 0 Å². The van der Waals surface area contributed by atoms with E-state index >= 15 is 0 Å². The van der Waals surface area contributed by atoms with Gasteiger partial charge >= 0.3 is 0 Å². The van der Waals surface area contributed by atoms with E-state index < -0.39 is 40.4 Å². The summed E-state index contributed by atoms with van der Waals surface area (Å²) in [5.41, 5.74) is 0. The Balaban J connectivity index is 2.38. The van der Waals surface area contributed by atoms with Gasteiger partial charge in [-0.25, -0.2) is 0 Å². The summed E-state index contributed by atoms with van der Waals surface area (Å²) in [6.07, 6.45) is -4.85. The van der Waals surface area contributed by atoms with Crippen LogP contribution in [0.1, 0.15) is 0 Å². The summed E-state index contributed by atoms with van der Waals surface area (Å²) in [7, 11) is -4.08. The van der Waals surface area contributed by atoms with Crippen molar-refractivity contribution in [2.24, 2.45) is 0 Å². The normalized spacial score (nSPS) is 36.2. The molecule has 0 aromatic heterocycles. The molecule has 4 atom stereocenters. The van der Waals surface area contributed by atoms with E-state index in [0.717, 1.165) is 0 Å². The molecule has 1 aliphatic rings. The molecule has 1 heterocycles. The number of rotatable bonds is 4. The molecule has 96 valence electrons. The van der Waals surface area contributed by atoms with Crippen LogP contribution >= 0.6 is 0 Å². The molecule has 0 amide bonds. The van der Waals surface area contributed by atoms with Crippen molar-refractivity contribution in [1.82, 2.24) is 5.32 Å². The van der Waals surface area contributed by atoms with E-state index in [9.17, 15) is 18.6 Å². The largest absolute Gasteiger partial charge is 0.388 e. The maximum absolute atomic E-state index is 10.4. The van der Waals surface area contributed by atoms with Gasteiger partial charge < -0.3 is 20.1 Å². The van der Waals surface area contributed by atoms with E-state index in [2.05, 4.69) is 5.32 Å². The minimum atomic E-state index is -4.08. The predicted octanol–water partition coefficient (Wildman–Crippen LogP) is -3.10. The summed E-state index contributed by atoms with van der Waals surface area (Å²) < 4.78 is 34.2. The van der Waals surface area contributed by atoms with Crippen molar-refractivity contribution in [3.63, 3.8) is 0 Å². The summed E-state index contributed by atoms with van der Waals surface area (Å²) >= 11 is 0. The summed E-state index contributed by atoms with van der Waals surface area (Å²) in [4.78, 5) is 0. The van der Waals surface area contributed by atoms with E-state index in [1.807, 2.05) is 0 Å². The first-order valence-corrected chi connectivity index (χ1v) is 6.26. The highest BCUT2D eigenvalue weighted by atomic mass is 32.2. The molecular formula is C7H15NO7S. The molecule has 9 heteroatoms. The molecule has 0 radical (unpaired) electrons. The number of hydrogen-bond acceptors (Lipinski definition) is 7. The molecule has 0 saturated carbocycles. The van der Waals surface area contributed by atoms with E-state index in [4.69, 9.17) is 14.4 Å². The Morgan fingerprint density at radius 1 is 1.25 bits per heavy atom. The topological polar surface area (TPSA) is 136 Å². The van der Waals surface area contributed by atoms with Crippen molar-refractivity contribution in [2.75, 3.05) is 18.9 Å². The molecule has 5 N–H and O–H groups in total. The van der Waals surface area contributed by atoms with Crippen LogP contribution in [0.3, 0.4) is 0 Å². The van der Waals surface area contributed by atoms with E-state index in [1.165, 1.54) is 0 Å². The second kappa shape index (κ2) is 5.36. The molecule has 0 unspecified atom stereocenters. The van der Waals surface area contributed by atoms with Gasteiger partial charge in [-0.05, 0) is 0 Å². The maximum Gasteiger partial charge on any atom is 0.266 e. The van der Waals surface area contributed by atoms with E-state index in [0.29, 0.717) is 0 Å². The zero-order chi connectivity index (χ0) is 12.3. The van der Waals surface area contributed by atoms with Crippen molar-refractivity contribution in [1.29, 1.82) is 0 Å². The first-order valence-electron chi connectivity index (χ1n) is 4.65. The molecule has 0 aromatic rings. The lowest BCUT2D eigenvalue weighted by Gasteiger charge is -2.35. The molecular weight excluding hydrogens is 242 g/mol. The first kappa shape index (κ1) is 13.8. The monoisotopic (exact) mass is 257 g/mol. The number of nitrogens with one attached hydrogen (secondary N) is 1. The minimum absolute atomic E-state index is 0.136. The zero-order valence-corrected chi connectivity index (χ0v) is 9.17. The van der Waals surface area contributed by atoms with Gasteiger partial charge in [0.2, 0.25) is 0 Å². The van der Waals surface area contributed by atoms with Crippen LogP contribution in [-0.2, 0) is 14.9 Å². The van der Waals surface area contributed by atoms with Crippen molar-refractivity contribution in [2.45, 2.75) is 24.5 Å². The average Bonchev–Trinajstić information content (AvgIpc) is 2.16. The first-order chi connectivity index (χ1) is 7.31. The van der Waals surface area contributed by atoms with E-state index in [1.54, 1.807) is 0 Å². The predicted molar refractivity (Wildman–Crippen MR) is 52.2 cm³/mol. The molecule has 1 fully saturated rings. The number of ether oxygens (including phenoxy) is 1. The molecule has 1 aliphatic heterocycles. The third-order valence-corrected chi connectivity index (χ3v) is 2.93. The molecule has 0 bridgehead atoms. The van der Waals surface area contributed by atoms with Crippen LogP contribution in [0.25, 0.3) is 0 Å². The Bertz CT molecular complexity index is 319. The molecule has 1 saturated heterocycles. The number of aliphatic hydroxyl groups is 3. The molecule has 8 nitrogen and oxygen atoms in total. The van der Waals surface area contributed by atoms with Crippen LogP contribution < -0.4 is 5.32 Å².